The molecule has 1 saturated carbocycles. The van der Waals surface area contributed by atoms with Crippen molar-refractivity contribution in [3.8, 4) is 0 Å². The predicted molar refractivity (Wildman–Crippen MR) is 94.0 cm³/mol. The molecule has 2 heterocycles. The van der Waals surface area contributed by atoms with Crippen molar-refractivity contribution < 1.29 is 4.79 Å². The van der Waals surface area contributed by atoms with E-state index in [0.717, 1.165) is 62.7 Å². The molecule has 1 aliphatic heterocycles. The second kappa shape index (κ2) is 7.03. The molecule has 0 aromatic carbocycles. The highest BCUT2D eigenvalue weighted by Gasteiger charge is 2.44. The van der Waals surface area contributed by atoms with Crippen molar-refractivity contribution in [1.82, 2.24) is 20.1 Å². The summed E-state index contributed by atoms with van der Waals surface area (Å²) < 4.78 is 0. The Kier molecular flexibility index (Phi) is 5.01. The monoisotopic (exact) mass is 331 g/mol. The third-order valence-corrected chi connectivity index (χ3v) is 5.60. The number of carbonyl (C=O) groups is 1. The molecule has 6 nitrogen and oxygen atoms in total. The largest absolute Gasteiger partial charge is 0.335 e. The quantitative estimate of drug-likeness (QED) is 0.851. The second-order valence-corrected chi connectivity index (χ2v) is 7.09. The first-order valence-corrected chi connectivity index (χ1v) is 9.35. The molecule has 0 unspecified atom stereocenters. The summed E-state index contributed by atoms with van der Waals surface area (Å²) in [5, 5.41) is 8.79. The van der Waals surface area contributed by atoms with Crippen LogP contribution in [0.2, 0.25) is 0 Å². The number of amides is 1. The van der Waals surface area contributed by atoms with Crippen molar-refractivity contribution in [2.24, 2.45) is 0 Å². The number of hydrogen-bond acceptors (Lipinski definition) is 5. The molecule has 6 heteroatoms. The maximum absolute atomic E-state index is 12.2. The summed E-state index contributed by atoms with van der Waals surface area (Å²) in [7, 11) is 0. The van der Waals surface area contributed by atoms with Gasteiger partial charge in [0.2, 0.25) is 11.9 Å². The van der Waals surface area contributed by atoms with Crippen LogP contribution in [0.1, 0.15) is 64.3 Å². The highest BCUT2D eigenvalue weighted by Crippen LogP contribution is 2.37. The lowest BCUT2D eigenvalue weighted by atomic mass is 9.78. The summed E-state index contributed by atoms with van der Waals surface area (Å²) in [5.41, 5.74) is 2.01. The van der Waals surface area contributed by atoms with Crippen LogP contribution in [-0.4, -0.2) is 51.2 Å². The summed E-state index contributed by atoms with van der Waals surface area (Å²) in [6.07, 6.45) is 7.60. The molecule has 1 aromatic rings. The Morgan fingerprint density at radius 1 is 1.04 bits per heavy atom. The van der Waals surface area contributed by atoms with E-state index in [9.17, 15) is 4.79 Å². The smallest absolute Gasteiger partial charge is 0.245 e. The summed E-state index contributed by atoms with van der Waals surface area (Å²) in [6.45, 7) is 8.29. The van der Waals surface area contributed by atoms with Crippen LogP contribution < -0.4 is 4.90 Å². The number of rotatable bonds is 3. The summed E-state index contributed by atoms with van der Waals surface area (Å²) >= 11 is 0. The second-order valence-electron chi connectivity index (χ2n) is 7.09. The normalized spacial score (nSPS) is 20.5. The van der Waals surface area contributed by atoms with E-state index in [2.05, 4.69) is 33.8 Å². The molecule has 1 saturated heterocycles. The minimum absolute atomic E-state index is 0.0402. The maximum Gasteiger partial charge on any atom is 0.245 e. The average molecular weight is 331 g/mol. The molecule has 132 valence electrons. The number of anilines is 1. The minimum Gasteiger partial charge on any atom is -0.335 e. The van der Waals surface area contributed by atoms with Crippen LogP contribution in [0.25, 0.3) is 0 Å². The van der Waals surface area contributed by atoms with Gasteiger partial charge in [0.15, 0.2) is 0 Å². The molecular weight excluding hydrogens is 302 g/mol. The highest BCUT2D eigenvalue weighted by molar-refractivity contribution is 5.74. The van der Waals surface area contributed by atoms with Gasteiger partial charge in [0.1, 0.15) is 0 Å². The highest BCUT2D eigenvalue weighted by atomic mass is 16.2. The van der Waals surface area contributed by atoms with Crippen LogP contribution in [-0.2, 0) is 17.6 Å². The van der Waals surface area contributed by atoms with E-state index in [4.69, 9.17) is 4.98 Å². The van der Waals surface area contributed by atoms with Crippen LogP contribution in [0, 0.1) is 0 Å². The van der Waals surface area contributed by atoms with E-state index in [-0.39, 0.29) is 11.4 Å². The van der Waals surface area contributed by atoms with E-state index in [1.54, 1.807) is 6.92 Å². The first-order valence-electron chi connectivity index (χ1n) is 9.35. The van der Waals surface area contributed by atoms with Crippen molar-refractivity contribution in [2.75, 3.05) is 24.5 Å². The fourth-order valence-electron chi connectivity index (χ4n) is 4.34. The molecule has 1 aliphatic carbocycles. The number of nitrogens with zero attached hydrogens (tertiary/aromatic N) is 5. The fourth-order valence-corrected chi connectivity index (χ4v) is 4.34. The maximum atomic E-state index is 12.2. The van der Waals surface area contributed by atoms with Gasteiger partial charge >= 0.3 is 0 Å². The molecule has 1 spiro atoms. The third kappa shape index (κ3) is 3.10. The van der Waals surface area contributed by atoms with Gasteiger partial charge in [0.25, 0.3) is 0 Å². The predicted octanol–water partition coefficient (Wildman–Crippen LogP) is 2.37. The van der Waals surface area contributed by atoms with Gasteiger partial charge in [-0.2, -0.15) is 5.10 Å². The molecule has 1 aromatic heterocycles. The first-order chi connectivity index (χ1) is 11.6. The zero-order chi connectivity index (χ0) is 17.2. The standard InChI is InChI=1S/C18H29N5O/c1-4-15-16(5-2)20-21-17(19-15)22-11-12-23(14(3)24)18(13-22)9-7-6-8-10-18/h4-13H2,1-3H3. The van der Waals surface area contributed by atoms with E-state index in [0.29, 0.717) is 0 Å². The Morgan fingerprint density at radius 3 is 2.38 bits per heavy atom. The Morgan fingerprint density at radius 2 is 1.75 bits per heavy atom. The lowest BCUT2D eigenvalue weighted by Gasteiger charge is -2.52. The van der Waals surface area contributed by atoms with E-state index in [1.165, 1.54) is 19.3 Å². The Hall–Kier alpha value is -1.72. The molecule has 0 N–H and O–H groups in total. The summed E-state index contributed by atoms with van der Waals surface area (Å²) in [4.78, 5) is 21.3. The Bertz CT molecular complexity index is 597. The Labute approximate surface area is 144 Å². The van der Waals surface area contributed by atoms with Crippen molar-refractivity contribution in [3.05, 3.63) is 11.4 Å². The van der Waals surface area contributed by atoms with Crippen molar-refractivity contribution in [1.29, 1.82) is 0 Å². The van der Waals surface area contributed by atoms with Gasteiger partial charge in [0.05, 0.1) is 16.9 Å². The molecule has 3 rings (SSSR count). The van der Waals surface area contributed by atoms with Gasteiger partial charge in [0, 0.05) is 26.6 Å². The van der Waals surface area contributed by atoms with Crippen LogP contribution in [0.15, 0.2) is 0 Å². The number of aryl methyl sites for hydroxylation is 2. The number of aromatic nitrogens is 3. The number of hydrogen-bond donors (Lipinski definition) is 0. The minimum atomic E-state index is -0.0402. The van der Waals surface area contributed by atoms with E-state index in [1.807, 2.05) is 0 Å². The summed E-state index contributed by atoms with van der Waals surface area (Å²) in [6, 6.07) is 0. The van der Waals surface area contributed by atoms with Gasteiger partial charge < -0.3 is 9.80 Å². The molecule has 0 bridgehead atoms. The number of carbonyl (C=O) groups excluding carboxylic acids is 1. The van der Waals surface area contributed by atoms with Crippen LogP contribution >= 0.6 is 0 Å². The van der Waals surface area contributed by atoms with Gasteiger partial charge in [-0.1, -0.05) is 33.1 Å². The zero-order valence-electron chi connectivity index (χ0n) is 15.2. The number of piperazine rings is 1. The van der Waals surface area contributed by atoms with Crippen molar-refractivity contribution >= 4 is 11.9 Å². The van der Waals surface area contributed by atoms with E-state index < -0.39 is 0 Å². The lowest BCUT2D eigenvalue weighted by Crippen LogP contribution is -2.64. The Balaban J connectivity index is 1.87. The van der Waals surface area contributed by atoms with Crippen LogP contribution in [0.3, 0.4) is 0 Å². The lowest BCUT2D eigenvalue weighted by molar-refractivity contribution is -0.137. The van der Waals surface area contributed by atoms with Crippen LogP contribution in [0.5, 0.6) is 0 Å². The molecule has 2 fully saturated rings. The molecule has 24 heavy (non-hydrogen) atoms. The zero-order valence-corrected chi connectivity index (χ0v) is 15.2. The average Bonchev–Trinajstić information content (AvgIpc) is 2.61. The third-order valence-electron chi connectivity index (χ3n) is 5.60. The molecule has 0 atom stereocenters. The SMILES string of the molecule is CCc1nnc(N2CCN(C(C)=O)C3(CCCCC3)C2)nc1CC. The molecular formula is C18H29N5O. The van der Waals surface area contributed by atoms with Crippen LogP contribution in [0.4, 0.5) is 5.95 Å². The topological polar surface area (TPSA) is 62.2 Å². The van der Waals surface area contributed by atoms with E-state index >= 15 is 0 Å². The van der Waals surface area contributed by atoms with Gasteiger partial charge in [-0.25, -0.2) is 4.98 Å². The van der Waals surface area contributed by atoms with Gasteiger partial charge in [-0.15, -0.1) is 5.10 Å². The van der Waals surface area contributed by atoms with Crippen molar-refractivity contribution in [2.45, 2.75) is 71.3 Å². The molecule has 1 amide bonds. The molecule has 0 radical (unpaired) electrons. The van der Waals surface area contributed by atoms with Crippen molar-refractivity contribution in [3.63, 3.8) is 0 Å². The summed E-state index contributed by atoms with van der Waals surface area (Å²) in [5.74, 6) is 0.934. The molecule has 2 aliphatic rings. The van der Waals surface area contributed by atoms with Gasteiger partial charge in [-0.05, 0) is 25.7 Å². The fraction of sp³-hybridized carbons (Fsp3) is 0.778. The first kappa shape index (κ1) is 17.1. The van der Waals surface area contributed by atoms with Gasteiger partial charge in [-0.3, -0.25) is 4.79 Å².